The molecular weight excluding hydrogens is 240 g/mol. The Morgan fingerprint density at radius 2 is 2.06 bits per heavy atom. The second kappa shape index (κ2) is 5.77. The van der Waals surface area contributed by atoms with Crippen molar-refractivity contribution in [2.75, 3.05) is 5.73 Å². The van der Waals surface area contributed by atoms with Crippen molar-refractivity contribution in [1.82, 2.24) is 5.32 Å². The molecule has 0 aliphatic heterocycles. The largest absolute Gasteiger partial charge is 0.479 e. The number of halogens is 1. The molecule has 1 unspecified atom stereocenters. The molecule has 0 heterocycles. The van der Waals surface area contributed by atoms with Crippen molar-refractivity contribution in [2.45, 2.75) is 32.9 Å². The molecule has 1 aromatic carbocycles. The van der Waals surface area contributed by atoms with Crippen LogP contribution in [0.5, 0.6) is 5.75 Å². The fourth-order valence-corrected chi connectivity index (χ4v) is 1.42. The summed E-state index contributed by atoms with van der Waals surface area (Å²) in [6, 6.07) is 4.99. The van der Waals surface area contributed by atoms with Crippen molar-refractivity contribution in [1.29, 1.82) is 0 Å². The van der Waals surface area contributed by atoms with Crippen LogP contribution < -0.4 is 15.8 Å². The van der Waals surface area contributed by atoms with Crippen molar-refractivity contribution in [2.24, 2.45) is 0 Å². The van der Waals surface area contributed by atoms with Gasteiger partial charge >= 0.3 is 0 Å². The number of ether oxygens (including phenoxy) is 1. The molecule has 5 heteroatoms. The average Bonchev–Trinajstić information content (AvgIpc) is 2.22. The highest BCUT2D eigenvalue weighted by atomic mass is 35.5. The van der Waals surface area contributed by atoms with Crippen LogP contribution in [0.1, 0.15) is 20.8 Å². The molecule has 0 spiro atoms. The van der Waals surface area contributed by atoms with Crippen molar-refractivity contribution in [3.8, 4) is 5.75 Å². The van der Waals surface area contributed by atoms with Gasteiger partial charge in [-0.2, -0.15) is 0 Å². The van der Waals surface area contributed by atoms with Gasteiger partial charge in [0.05, 0.1) is 5.02 Å². The lowest BCUT2D eigenvalue weighted by Gasteiger charge is -2.17. The van der Waals surface area contributed by atoms with E-state index in [-0.39, 0.29) is 11.9 Å². The fraction of sp³-hybridized carbons (Fsp3) is 0.417. The van der Waals surface area contributed by atoms with Gasteiger partial charge in [-0.1, -0.05) is 11.6 Å². The van der Waals surface area contributed by atoms with Crippen molar-refractivity contribution in [3.05, 3.63) is 23.2 Å². The molecule has 0 aromatic heterocycles. The van der Waals surface area contributed by atoms with E-state index in [1.54, 1.807) is 25.1 Å². The summed E-state index contributed by atoms with van der Waals surface area (Å²) in [5.74, 6) is 0.233. The first-order valence-electron chi connectivity index (χ1n) is 5.42. The fourth-order valence-electron chi connectivity index (χ4n) is 1.26. The third-order valence-corrected chi connectivity index (χ3v) is 2.37. The van der Waals surface area contributed by atoms with E-state index < -0.39 is 6.10 Å². The summed E-state index contributed by atoms with van der Waals surface area (Å²) in [7, 11) is 0. The van der Waals surface area contributed by atoms with Gasteiger partial charge in [0.15, 0.2) is 6.10 Å². The van der Waals surface area contributed by atoms with Crippen molar-refractivity contribution in [3.63, 3.8) is 0 Å². The standard InChI is InChI=1S/C12H17ClN2O2/c1-7(2)15-12(16)8(3)17-11-6-9(14)4-5-10(11)13/h4-8H,14H2,1-3H3,(H,15,16). The van der Waals surface area contributed by atoms with Crippen LogP contribution in [0.15, 0.2) is 18.2 Å². The number of amides is 1. The van der Waals surface area contributed by atoms with Gasteiger partial charge in [0.1, 0.15) is 5.75 Å². The molecule has 1 aromatic rings. The summed E-state index contributed by atoms with van der Waals surface area (Å²) in [4.78, 5) is 11.6. The van der Waals surface area contributed by atoms with E-state index in [1.165, 1.54) is 0 Å². The number of hydrogen-bond acceptors (Lipinski definition) is 3. The van der Waals surface area contributed by atoms with Crippen LogP contribution in [0.2, 0.25) is 5.02 Å². The first kappa shape index (κ1) is 13.6. The Hall–Kier alpha value is -1.42. The van der Waals surface area contributed by atoms with Crippen LogP contribution in [-0.2, 0) is 4.79 Å². The van der Waals surface area contributed by atoms with E-state index in [0.29, 0.717) is 16.5 Å². The van der Waals surface area contributed by atoms with Gasteiger partial charge in [0.2, 0.25) is 0 Å². The Morgan fingerprint density at radius 1 is 1.41 bits per heavy atom. The molecule has 0 aliphatic rings. The summed E-state index contributed by atoms with van der Waals surface area (Å²) in [6.07, 6.45) is -0.614. The monoisotopic (exact) mass is 256 g/mol. The highest BCUT2D eigenvalue weighted by Crippen LogP contribution is 2.27. The number of benzene rings is 1. The third-order valence-electron chi connectivity index (χ3n) is 2.06. The van der Waals surface area contributed by atoms with E-state index in [2.05, 4.69) is 5.32 Å². The maximum absolute atomic E-state index is 11.6. The SMILES string of the molecule is CC(C)NC(=O)C(C)Oc1cc(N)ccc1Cl. The molecule has 1 rings (SSSR count). The minimum absolute atomic E-state index is 0.0739. The Kier molecular flexibility index (Phi) is 4.63. The van der Waals surface area contributed by atoms with Gasteiger partial charge in [-0.15, -0.1) is 0 Å². The minimum Gasteiger partial charge on any atom is -0.479 e. The molecule has 1 amide bonds. The van der Waals surface area contributed by atoms with Crippen LogP contribution >= 0.6 is 11.6 Å². The topological polar surface area (TPSA) is 64.3 Å². The molecule has 0 aliphatic carbocycles. The van der Waals surface area contributed by atoms with Crippen LogP contribution in [0, 0.1) is 0 Å². The van der Waals surface area contributed by atoms with Crippen molar-refractivity contribution >= 4 is 23.2 Å². The molecule has 3 N–H and O–H groups in total. The molecule has 1 atom stereocenters. The summed E-state index contributed by atoms with van der Waals surface area (Å²) in [5.41, 5.74) is 6.16. The molecular formula is C12H17ClN2O2. The number of anilines is 1. The second-order valence-corrected chi connectivity index (χ2v) is 4.52. The number of hydrogen-bond donors (Lipinski definition) is 2. The average molecular weight is 257 g/mol. The van der Waals surface area contributed by atoms with Gasteiger partial charge in [-0.3, -0.25) is 4.79 Å². The molecule has 0 saturated heterocycles. The summed E-state index contributed by atoms with van der Waals surface area (Å²) < 4.78 is 5.46. The highest BCUT2D eigenvalue weighted by Gasteiger charge is 2.16. The quantitative estimate of drug-likeness (QED) is 0.812. The van der Waals surface area contributed by atoms with E-state index >= 15 is 0 Å². The highest BCUT2D eigenvalue weighted by molar-refractivity contribution is 6.32. The van der Waals surface area contributed by atoms with E-state index in [9.17, 15) is 4.79 Å². The van der Waals surface area contributed by atoms with Crippen LogP contribution in [0.4, 0.5) is 5.69 Å². The number of nitrogens with two attached hydrogens (primary N) is 1. The molecule has 0 fully saturated rings. The minimum atomic E-state index is -0.614. The second-order valence-electron chi connectivity index (χ2n) is 4.11. The predicted octanol–water partition coefficient (Wildman–Crippen LogP) is 2.21. The maximum Gasteiger partial charge on any atom is 0.260 e. The van der Waals surface area contributed by atoms with E-state index in [0.717, 1.165) is 0 Å². The lowest BCUT2D eigenvalue weighted by Crippen LogP contribution is -2.40. The zero-order chi connectivity index (χ0) is 13.0. The van der Waals surface area contributed by atoms with Crippen LogP contribution in [0.25, 0.3) is 0 Å². The predicted molar refractivity (Wildman–Crippen MR) is 69.2 cm³/mol. The van der Waals surface area contributed by atoms with Gasteiger partial charge < -0.3 is 15.8 Å². The van der Waals surface area contributed by atoms with Crippen LogP contribution in [0.3, 0.4) is 0 Å². The summed E-state index contributed by atoms with van der Waals surface area (Å²) >= 11 is 5.94. The normalized spacial score (nSPS) is 12.3. The van der Waals surface area contributed by atoms with Crippen molar-refractivity contribution < 1.29 is 9.53 Å². The van der Waals surface area contributed by atoms with Gasteiger partial charge in [0, 0.05) is 17.8 Å². The number of nitrogen functional groups attached to an aromatic ring is 1. The first-order chi connectivity index (χ1) is 7.90. The number of carbonyl (C=O) groups is 1. The molecule has 0 bridgehead atoms. The smallest absolute Gasteiger partial charge is 0.260 e. The Labute approximate surface area is 106 Å². The van der Waals surface area contributed by atoms with Gasteiger partial charge in [-0.25, -0.2) is 0 Å². The lowest BCUT2D eigenvalue weighted by atomic mass is 10.3. The zero-order valence-electron chi connectivity index (χ0n) is 10.2. The number of nitrogens with one attached hydrogen (secondary N) is 1. The third kappa shape index (κ3) is 4.15. The Balaban J connectivity index is 2.70. The number of rotatable bonds is 4. The Bertz CT molecular complexity index is 407. The molecule has 0 radical (unpaired) electrons. The molecule has 94 valence electrons. The lowest BCUT2D eigenvalue weighted by molar-refractivity contribution is -0.127. The maximum atomic E-state index is 11.6. The first-order valence-corrected chi connectivity index (χ1v) is 5.80. The molecule has 4 nitrogen and oxygen atoms in total. The molecule has 17 heavy (non-hydrogen) atoms. The zero-order valence-corrected chi connectivity index (χ0v) is 10.9. The molecule has 0 saturated carbocycles. The van der Waals surface area contributed by atoms with E-state index in [4.69, 9.17) is 22.1 Å². The van der Waals surface area contributed by atoms with Crippen LogP contribution in [-0.4, -0.2) is 18.1 Å². The van der Waals surface area contributed by atoms with Gasteiger partial charge in [-0.05, 0) is 32.9 Å². The Morgan fingerprint density at radius 3 is 2.65 bits per heavy atom. The number of carbonyl (C=O) groups excluding carboxylic acids is 1. The van der Waals surface area contributed by atoms with Gasteiger partial charge in [0.25, 0.3) is 5.91 Å². The summed E-state index contributed by atoms with van der Waals surface area (Å²) in [5, 5.41) is 3.19. The van der Waals surface area contributed by atoms with E-state index in [1.807, 2.05) is 13.8 Å². The summed E-state index contributed by atoms with van der Waals surface area (Å²) in [6.45, 7) is 5.44.